The van der Waals surface area contributed by atoms with Crippen LogP contribution in [-0.2, 0) is 31.6 Å². The number of phosphoric ester groups is 1. The van der Waals surface area contributed by atoms with Gasteiger partial charge in [-0.1, -0.05) is 0 Å². The quantitative estimate of drug-likeness (QED) is 0.231. The van der Waals surface area contributed by atoms with Crippen LogP contribution in [0.1, 0.15) is 14.0 Å². The first kappa shape index (κ1) is 23.5. The highest BCUT2D eigenvalue weighted by Gasteiger charge is 2.50. The summed E-state index contributed by atoms with van der Waals surface area (Å²) in [6, 6.07) is 0. The summed E-state index contributed by atoms with van der Waals surface area (Å²) in [4.78, 5) is 59.4. The molecule has 0 spiro atoms. The van der Waals surface area contributed by atoms with Crippen molar-refractivity contribution in [3.63, 3.8) is 0 Å². The second kappa shape index (κ2) is 8.43. The highest BCUT2D eigenvalue weighted by atomic mass is 31.3. The largest absolute Gasteiger partial charge is 0.490 e. The lowest BCUT2D eigenvalue weighted by atomic mass is 10.2. The number of aliphatic hydroxyl groups excluding tert-OH is 1. The number of ether oxygens (including phenoxy) is 1. The molecule has 1 aromatic rings. The maximum atomic E-state index is 14.8. The fraction of sp³-hybridized carbons (Fsp3) is 0.556. The average Bonchev–Trinajstić information content (AvgIpc) is 2.76. The Morgan fingerprint density at radius 3 is 2.43 bits per heavy atom. The monoisotopic (exact) mass is 505 g/mol. The maximum absolute atomic E-state index is 14.8. The molecule has 1 saturated heterocycles. The molecule has 1 fully saturated rings. The summed E-state index contributed by atoms with van der Waals surface area (Å²) >= 11 is 0. The van der Waals surface area contributed by atoms with E-state index in [0.717, 1.165) is 0 Å². The fourth-order valence-electron chi connectivity index (χ4n) is 2.06. The molecule has 172 valence electrons. The van der Waals surface area contributed by atoms with E-state index in [1.807, 2.05) is 0 Å². The molecule has 0 amide bonds. The number of alkyl halides is 1. The number of aromatic amines is 1. The minimum Gasteiger partial charge on any atom is -0.388 e. The second-order valence-electron chi connectivity index (χ2n) is 5.51. The number of halogens is 2. The zero-order valence-corrected chi connectivity index (χ0v) is 16.7. The zero-order chi connectivity index (χ0) is 24.0. The Hall–Kier alpha value is -1.13. The number of phosphoric acid groups is 3. The van der Waals surface area contributed by atoms with Gasteiger partial charge in [0, 0.05) is 6.42 Å². The predicted molar refractivity (Wildman–Crippen MR) is 85.7 cm³/mol. The third-order valence-electron chi connectivity index (χ3n) is 3.07. The molecular weight excluding hydrogens is 491 g/mol. The van der Waals surface area contributed by atoms with Crippen LogP contribution in [0.25, 0.3) is 0 Å². The van der Waals surface area contributed by atoms with Gasteiger partial charge in [0.25, 0.3) is 5.56 Å². The molecule has 1 aliphatic rings. The smallest absolute Gasteiger partial charge is 0.388 e. The summed E-state index contributed by atoms with van der Waals surface area (Å²) in [6.07, 6.45) is -6.45. The number of rotatable bonds is 8. The molecule has 1 aromatic heterocycles. The van der Waals surface area contributed by atoms with Crippen molar-refractivity contribution in [2.45, 2.75) is 24.6 Å². The van der Waals surface area contributed by atoms with Gasteiger partial charge >= 0.3 is 29.2 Å². The average molecular weight is 505 g/mol. The molecule has 2 unspecified atom stereocenters. The Labute approximate surface area is 164 Å². The van der Waals surface area contributed by atoms with Crippen LogP contribution in [0.2, 0.25) is 0 Å². The van der Waals surface area contributed by atoms with E-state index in [1.165, 1.54) is 4.98 Å². The van der Waals surface area contributed by atoms with Crippen molar-refractivity contribution in [1.29, 1.82) is 0 Å². The molecule has 0 aromatic carbocycles. The van der Waals surface area contributed by atoms with Crippen LogP contribution in [0, 0.1) is 5.82 Å². The molecule has 0 aliphatic carbocycles. The van der Waals surface area contributed by atoms with E-state index in [2.05, 4.69) is 17.9 Å². The van der Waals surface area contributed by atoms with Gasteiger partial charge in [0.15, 0.2) is 6.20 Å². The van der Waals surface area contributed by atoms with Crippen LogP contribution in [0.3, 0.4) is 0 Å². The molecular formula is C9H13F2N2O14P3. The lowest BCUT2D eigenvalue weighted by Gasteiger charge is -2.22. The van der Waals surface area contributed by atoms with Crippen molar-refractivity contribution >= 4 is 23.5 Å². The molecule has 1 aliphatic heterocycles. The third kappa shape index (κ3) is 6.68. The number of H-pyrrole nitrogens is 1. The Kier molecular flexibility index (Phi) is 6.61. The van der Waals surface area contributed by atoms with E-state index in [1.54, 1.807) is 0 Å². The minimum absolute atomic E-state index is 0.0272. The van der Waals surface area contributed by atoms with Gasteiger partial charge in [-0.05, 0) is 0 Å². The Morgan fingerprint density at radius 1 is 1.27 bits per heavy atom. The first-order valence-corrected chi connectivity index (χ1v) is 11.7. The number of nitrogens with zero attached hydrogens (tertiary/aromatic N) is 1. The first-order valence-electron chi connectivity index (χ1n) is 7.65. The minimum atomic E-state index is -5.89. The number of hydrogen-bond acceptors (Lipinski definition) is 10. The van der Waals surface area contributed by atoms with Crippen molar-refractivity contribution in [2.75, 3.05) is 6.61 Å². The summed E-state index contributed by atoms with van der Waals surface area (Å²) in [6.45, 7) is -1.71. The summed E-state index contributed by atoms with van der Waals surface area (Å²) in [5.41, 5.74) is -2.98. The Balaban J connectivity index is 2.19. The normalized spacial score (nSPS) is 31.7. The van der Waals surface area contributed by atoms with Crippen molar-refractivity contribution < 1.29 is 66.4 Å². The van der Waals surface area contributed by atoms with Crippen LogP contribution in [0.15, 0.2) is 15.8 Å². The third-order valence-corrected chi connectivity index (χ3v) is 6.85. The maximum Gasteiger partial charge on any atom is 0.490 e. The van der Waals surface area contributed by atoms with Crippen LogP contribution < -0.4 is 11.2 Å². The molecule has 2 rings (SSSR count). The van der Waals surface area contributed by atoms with Gasteiger partial charge in [0.1, 0.15) is 12.7 Å². The molecule has 30 heavy (non-hydrogen) atoms. The number of aromatic nitrogens is 2. The SMILES string of the molecule is [2H][C@@]1(n2cc(F)c(=O)[nH]c2=O)O[C@](F)(COP(=O)(O)OP(=O)(O)OP(=O)(O)O)C[C@H]1O. The zero-order valence-electron chi connectivity index (χ0n) is 15.0. The van der Waals surface area contributed by atoms with E-state index in [9.17, 15) is 42.1 Å². The number of nitrogens with one attached hydrogen (secondary N) is 1. The first-order chi connectivity index (χ1) is 13.8. The topological polar surface area (TPSA) is 244 Å². The predicted octanol–water partition coefficient (Wildman–Crippen LogP) is -1.04. The standard InChI is InChI=1S/C9H13F2N2O14P3/c10-4-2-13(8(16)12-6(4)15)7-5(14)1-9(11,25-7)3-24-29(20,21)27-30(22,23)26-28(17,18)19/h2,5,7,14H,1,3H2,(H,20,21)(H,22,23)(H,12,15,16)(H2,17,18,19)/t5-,7-,9+/m1/s1/i7D. The van der Waals surface area contributed by atoms with Gasteiger partial charge < -0.3 is 29.4 Å². The van der Waals surface area contributed by atoms with Gasteiger partial charge in [-0.25, -0.2) is 22.9 Å². The summed E-state index contributed by atoms with van der Waals surface area (Å²) in [5, 5.41) is 9.93. The van der Waals surface area contributed by atoms with Crippen molar-refractivity contribution in [3.8, 4) is 0 Å². The summed E-state index contributed by atoms with van der Waals surface area (Å²) < 4.78 is 84.9. The van der Waals surface area contributed by atoms with Crippen LogP contribution >= 0.6 is 23.5 Å². The van der Waals surface area contributed by atoms with E-state index in [4.69, 9.17) is 16.1 Å². The van der Waals surface area contributed by atoms with Gasteiger partial charge in [-0.3, -0.25) is 18.9 Å². The fourth-order valence-corrected chi connectivity index (χ4v) is 5.11. The molecule has 21 heteroatoms. The molecule has 6 N–H and O–H groups in total. The second-order valence-corrected chi connectivity index (χ2v) is 9.93. The van der Waals surface area contributed by atoms with E-state index < -0.39 is 71.7 Å². The van der Waals surface area contributed by atoms with Crippen molar-refractivity contribution in [1.82, 2.24) is 9.55 Å². The summed E-state index contributed by atoms with van der Waals surface area (Å²) in [7, 11) is -17.3. The molecule has 0 radical (unpaired) electrons. The van der Waals surface area contributed by atoms with E-state index in [0.29, 0.717) is 0 Å². The van der Waals surface area contributed by atoms with Gasteiger partial charge in [0.05, 0.1) is 7.57 Å². The Morgan fingerprint density at radius 2 is 1.87 bits per heavy atom. The Bertz CT molecular complexity index is 1120. The van der Waals surface area contributed by atoms with E-state index >= 15 is 0 Å². The lowest BCUT2D eigenvalue weighted by Crippen LogP contribution is -2.37. The van der Waals surface area contributed by atoms with Gasteiger partial charge in [-0.15, -0.1) is 0 Å². The number of aliphatic hydroxyl groups is 1. The van der Waals surface area contributed by atoms with E-state index in [-0.39, 0.29) is 10.8 Å². The molecule has 2 heterocycles. The van der Waals surface area contributed by atoms with Gasteiger partial charge in [-0.2, -0.15) is 13.0 Å². The highest BCUT2D eigenvalue weighted by Crippen LogP contribution is 2.66. The van der Waals surface area contributed by atoms with Crippen LogP contribution in [-0.4, -0.2) is 52.8 Å². The van der Waals surface area contributed by atoms with Crippen molar-refractivity contribution in [3.05, 3.63) is 32.9 Å². The molecule has 0 saturated carbocycles. The molecule has 0 bridgehead atoms. The van der Waals surface area contributed by atoms with Gasteiger partial charge in [0.2, 0.25) is 11.7 Å². The van der Waals surface area contributed by atoms with Crippen molar-refractivity contribution in [2.24, 2.45) is 0 Å². The lowest BCUT2D eigenvalue weighted by molar-refractivity contribution is -0.178. The van der Waals surface area contributed by atoms with Crippen LogP contribution in [0.4, 0.5) is 8.78 Å². The summed E-state index contributed by atoms with van der Waals surface area (Å²) in [5.74, 6) is -4.97. The molecule has 5 atom stereocenters. The highest BCUT2D eigenvalue weighted by molar-refractivity contribution is 7.66. The number of hydrogen-bond donors (Lipinski definition) is 6. The molecule has 16 nitrogen and oxygen atoms in total. The van der Waals surface area contributed by atoms with Crippen LogP contribution in [0.5, 0.6) is 0 Å².